The van der Waals surface area contributed by atoms with Crippen LogP contribution in [-0.2, 0) is 4.79 Å². The summed E-state index contributed by atoms with van der Waals surface area (Å²) in [5, 5.41) is 10.9. The molecule has 1 aliphatic heterocycles. The third-order valence-corrected chi connectivity index (χ3v) is 5.38. The molecule has 2 aromatic rings. The number of aromatic nitrogens is 3. The topological polar surface area (TPSA) is 75.1 Å². The Bertz CT molecular complexity index is 725. The predicted octanol–water partition coefficient (Wildman–Crippen LogP) is 1.98. The lowest BCUT2D eigenvalue weighted by Crippen LogP contribution is -2.48. The van der Waals surface area contributed by atoms with Crippen LogP contribution in [0.5, 0.6) is 0 Å². The lowest BCUT2D eigenvalue weighted by atomic mass is 10.1. The van der Waals surface area contributed by atoms with Crippen molar-refractivity contribution < 1.29 is 4.79 Å². The summed E-state index contributed by atoms with van der Waals surface area (Å²) in [5.74, 6) is 0.829. The second-order valence-electron chi connectivity index (χ2n) is 7.12. The van der Waals surface area contributed by atoms with Gasteiger partial charge in [-0.1, -0.05) is 18.9 Å². The molecule has 0 aromatic carbocycles. The maximum absolute atomic E-state index is 12.7. The Kier molecular flexibility index (Phi) is 5.26. The van der Waals surface area contributed by atoms with E-state index in [4.69, 9.17) is 0 Å². The number of nitrogens with zero attached hydrogens (tertiary/aromatic N) is 4. The molecule has 1 saturated heterocycles. The predicted molar refractivity (Wildman–Crippen MR) is 99.8 cm³/mol. The van der Waals surface area contributed by atoms with Crippen molar-refractivity contribution in [3.8, 4) is 0 Å². The van der Waals surface area contributed by atoms with Crippen LogP contribution in [-0.4, -0.2) is 51.8 Å². The first-order chi connectivity index (χ1) is 12.8. The summed E-state index contributed by atoms with van der Waals surface area (Å²) in [6, 6.07) is 6.50. The molecule has 1 amide bonds. The van der Waals surface area contributed by atoms with Gasteiger partial charge in [-0.25, -0.2) is 4.68 Å². The molecule has 0 radical (unpaired) electrons. The number of hydrogen-bond acceptors (Lipinski definition) is 5. The highest BCUT2D eigenvalue weighted by atomic mass is 16.2. The minimum Gasteiger partial charge on any atom is -0.314 e. The summed E-state index contributed by atoms with van der Waals surface area (Å²) in [6.45, 7) is 2.94. The summed E-state index contributed by atoms with van der Waals surface area (Å²) in [5.41, 5.74) is 1.14. The highest BCUT2D eigenvalue weighted by Crippen LogP contribution is 2.31. The number of rotatable bonds is 5. The van der Waals surface area contributed by atoms with Gasteiger partial charge in [-0.15, -0.1) is 0 Å². The number of pyridine rings is 1. The molecule has 26 heavy (non-hydrogen) atoms. The molecule has 1 saturated carbocycles. The second-order valence-corrected chi connectivity index (χ2v) is 7.12. The molecule has 1 aliphatic carbocycles. The zero-order valence-electron chi connectivity index (χ0n) is 15.0. The van der Waals surface area contributed by atoms with E-state index in [1.54, 1.807) is 12.4 Å². The zero-order valence-corrected chi connectivity index (χ0v) is 15.0. The van der Waals surface area contributed by atoms with Crippen molar-refractivity contribution in [1.29, 1.82) is 0 Å². The Morgan fingerprint density at radius 3 is 2.96 bits per heavy atom. The molecule has 0 spiro atoms. The first-order valence-corrected chi connectivity index (χ1v) is 9.49. The van der Waals surface area contributed by atoms with Crippen LogP contribution in [0.3, 0.4) is 0 Å². The molecule has 138 valence electrons. The molecule has 2 fully saturated rings. The van der Waals surface area contributed by atoms with Gasteiger partial charge >= 0.3 is 0 Å². The molecule has 2 N–H and O–H groups in total. The number of nitrogens with one attached hydrogen (secondary N) is 2. The quantitative estimate of drug-likeness (QED) is 0.859. The monoisotopic (exact) mass is 354 g/mol. The van der Waals surface area contributed by atoms with Crippen LogP contribution in [0.25, 0.3) is 0 Å². The van der Waals surface area contributed by atoms with Gasteiger partial charge in [0.15, 0.2) is 0 Å². The standard InChI is InChI=1S/C19H26N6O/c26-19(23-18-7-9-22-25(18)16-5-1-2-6-16)14-24-11-10-21-13-17(24)15-4-3-8-20-12-15/h3-4,7-9,12,16-17,21H,1-2,5-6,10-11,13-14H2,(H,23,26). The van der Waals surface area contributed by atoms with Crippen molar-refractivity contribution in [1.82, 2.24) is 25.0 Å². The zero-order chi connectivity index (χ0) is 17.8. The van der Waals surface area contributed by atoms with E-state index in [2.05, 4.69) is 31.7 Å². The van der Waals surface area contributed by atoms with Crippen LogP contribution >= 0.6 is 0 Å². The maximum Gasteiger partial charge on any atom is 0.239 e. The van der Waals surface area contributed by atoms with E-state index in [1.807, 2.05) is 23.0 Å². The molecule has 4 rings (SSSR count). The minimum absolute atomic E-state index is 0.0144. The third kappa shape index (κ3) is 3.78. The Balaban J connectivity index is 1.41. The Morgan fingerprint density at radius 1 is 1.27 bits per heavy atom. The van der Waals surface area contributed by atoms with Crippen molar-refractivity contribution in [2.75, 3.05) is 31.5 Å². The van der Waals surface area contributed by atoms with E-state index < -0.39 is 0 Å². The van der Waals surface area contributed by atoms with Gasteiger partial charge in [0.05, 0.1) is 18.8 Å². The molecule has 2 aliphatic rings. The Morgan fingerprint density at radius 2 is 2.15 bits per heavy atom. The van der Waals surface area contributed by atoms with Crippen molar-refractivity contribution in [2.24, 2.45) is 0 Å². The number of amides is 1. The lowest BCUT2D eigenvalue weighted by molar-refractivity contribution is -0.118. The molecule has 1 atom stereocenters. The largest absolute Gasteiger partial charge is 0.314 e. The van der Waals surface area contributed by atoms with Gasteiger partial charge in [-0.2, -0.15) is 5.10 Å². The van der Waals surface area contributed by atoms with E-state index in [1.165, 1.54) is 12.8 Å². The average Bonchev–Trinajstić information content (AvgIpc) is 3.34. The van der Waals surface area contributed by atoms with E-state index >= 15 is 0 Å². The van der Waals surface area contributed by atoms with E-state index in [0.29, 0.717) is 12.6 Å². The number of anilines is 1. The normalized spacial score (nSPS) is 21.8. The molecule has 7 heteroatoms. The number of hydrogen-bond donors (Lipinski definition) is 2. The number of piperazine rings is 1. The first kappa shape index (κ1) is 17.2. The van der Waals surface area contributed by atoms with Gasteiger partial charge < -0.3 is 10.6 Å². The molecular weight excluding hydrogens is 328 g/mol. The van der Waals surface area contributed by atoms with Gasteiger partial charge in [-0.3, -0.25) is 14.7 Å². The minimum atomic E-state index is 0.0144. The van der Waals surface area contributed by atoms with Crippen LogP contribution in [0.15, 0.2) is 36.8 Å². The van der Waals surface area contributed by atoms with Crippen molar-refractivity contribution in [3.05, 3.63) is 42.4 Å². The van der Waals surface area contributed by atoms with E-state index in [-0.39, 0.29) is 11.9 Å². The SMILES string of the molecule is O=C(CN1CCNCC1c1cccnc1)Nc1ccnn1C1CCCC1. The summed E-state index contributed by atoms with van der Waals surface area (Å²) in [4.78, 5) is 19.1. The fourth-order valence-electron chi connectivity index (χ4n) is 4.06. The Hall–Kier alpha value is -2.25. The van der Waals surface area contributed by atoms with E-state index in [9.17, 15) is 4.79 Å². The molecule has 2 aromatic heterocycles. The fraction of sp³-hybridized carbons (Fsp3) is 0.526. The summed E-state index contributed by atoms with van der Waals surface area (Å²) < 4.78 is 1.99. The summed E-state index contributed by atoms with van der Waals surface area (Å²) in [7, 11) is 0. The van der Waals surface area contributed by atoms with Gasteiger partial charge in [0.1, 0.15) is 5.82 Å². The Labute approximate surface area is 153 Å². The molecule has 7 nitrogen and oxygen atoms in total. The number of carbonyl (C=O) groups excluding carboxylic acids is 1. The van der Waals surface area contributed by atoms with Gasteiger partial charge in [-0.05, 0) is 24.5 Å². The van der Waals surface area contributed by atoms with Crippen LogP contribution in [0, 0.1) is 0 Å². The average molecular weight is 354 g/mol. The van der Waals surface area contributed by atoms with Crippen molar-refractivity contribution in [3.63, 3.8) is 0 Å². The maximum atomic E-state index is 12.7. The summed E-state index contributed by atoms with van der Waals surface area (Å²) >= 11 is 0. The van der Waals surface area contributed by atoms with Crippen LogP contribution in [0.4, 0.5) is 5.82 Å². The van der Waals surface area contributed by atoms with Crippen LogP contribution in [0.1, 0.15) is 43.3 Å². The summed E-state index contributed by atoms with van der Waals surface area (Å²) in [6.07, 6.45) is 10.2. The fourth-order valence-corrected chi connectivity index (χ4v) is 4.06. The van der Waals surface area contributed by atoms with Crippen LogP contribution in [0.2, 0.25) is 0 Å². The molecular formula is C19H26N6O. The number of carbonyl (C=O) groups is 1. The smallest absolute Gasteiger partial charge is 0.239 e. The first-order valence-electron chi connectivity index (χ1n) is 9.49. The van der Waals surface area contributed by atoms with Crippen molar-refractivity contribution in [2.45, 2.75) is 37.8 Å². The van der Waals surface area contributed by atoms with Gasteiger partial charge in [0.25, 0.3) is 0 Å². The van der Waals surface area contributed by atoms with Gasteiger partial charge in [0.2, 0.25) is 5.91 Å². The van der Waals surface area contributed by atoms with Crippen molar-refractivity contribution >= 4 is 11.7 Å². The van der Waals surface area contributed by atoms with Crippen LogP contribution < -0.4 is 10.6 Å². The highest BCUT2D eigenvalue weighted by molar-refractivity contribution is 5.91. The lowest BCUT2D eigenvalue weighted by Gasteiger charge is -2.35. The molecule has 0 bridgehead atoms. The highest BCUT2D eigenvalue weighted by Gasteiger charge is 2.26. The van der Waals surface area contributed by atoms with Gasteiger partial charge in [0, 0.05) is 44.1 Å². The molecule has 3 heterocycles. The molecule has 1 unspecified atom stereocenters. The third-order valence-electron chi connectivity index (χ3n) is 5.38. The second kappa shape index (κ2) is 7.97. The van der Waals surface area contributed by atoms with E-state index in [0.717, 1.165) is 43.9 Å².